The van der Waals surface area contributed by atoms with Crippen LogP contribution in [0.15, 0.2) is 63.9 Å². The van der Waals surface area contributed by atoms with E-state index in [1.807, 2.05) is 5.38 Å². The van der Waals surface area contributed by atoms with Crippen LogP contribution in [-0.4, -0.2) is 24.3 Å². The van der Waals surface area contributed by atoms with Crippen LogP contribution in [0.25, 0.3) is 0 Å². The van der Waals surface area contributed by atoms with Gasteiger partial charge in [0.15, 0.2) is 5.76 Å². The van der Waals surface area contributed by atoms with Gasteiger partial charge < -0.3 is 20.4 Å². The van der Waals surface area contributed by atoms with Crippen LogP contribution in [0.4, 0.5) is 11.4 Å². The summed E-state index contributed by atoms with van der Waals surface area (Å²) in [5.74, 6) is -0.463. The Hall–Kier alpha value is -3.39. The molecule has 144 valence electrons. The quantitative estimate of drug-likeness (QED) is 0.504. The van der Waals surface area contributed by atoms with Gasteiger partial charge >= 0.3 is 0 Å². The molecule has 0 aliphatic heterocycles. The first-order valence-electron chi connectivity index (χ1n) is 8.67. The van der Waals surface area contributed by atoms with Crippen LogP contribution in [0.2, 0.25) is 0 Å². The van der Waals surface area contributed by atoms with Gasteiger partial charge in [-0.2, -0.15) is 11.3 Å². The fourth-order valence-electron chi connectivity index (χ4n) is 2.45. The normalized spacial score (nSPS) is 10.3. The average Bonchev–Trinajstić information content (AvgIpc) is 3.39. The van der Waals surface area contributed by atoms with E-state index < -0.39 is 0 Å². The Balaban J connectivity index is 1.42. The van der Waals surface area contributed by atoms with Crippen LogP contribution < -0.4 is 16.0 Å². The summed E-state index contributed by atoms with van der Waals surface area (Å²) < 4.78 is 5.05. The van der Waals surface area contributed by atoms with Gasteiger partial charge in [0, 0.05) is 35.3 Å². The number of rotatable bonds is 8. The van der Waals surface area contributed by atoms with E-state index in [9.17, 15) is 14.4 Å². The number of carbonyl (C=O) groups excluding carboxylic acids is 3. The molecule has 0 spiro atoms. The summed E-state index contributed by atoms with van der Waals surface area (Å²) in [7, 11) is 0. The van der Waals surface area contributed by atoms with Gasteiger partial charge in [0.05, 0.1) is 6.26 Å². The van der Waals surface area contributed by atoms with E-state index in [4.69, 9.17) is 4.42 Å². The Labute approximate surface area is 165 Å². The summed E-state index contributed by atoms with van der Waals surface area (Å²) in [6, 6.07) is 11.8. The molecule has 0 radical (unpaired) electrons. The van der Waals surface area contributed by atoms with Gasteiger partial charge in [0.25, 0.3) is 11.8 Å². The lowest BCUT2D eigenvalue weighted by atomic mass is 10.2. The number of benzene rings is 1. The lowest BCUT2D eigenvalue weighted by Crippen LogP contribution is -2.25. The zero-order valence-corrected chi connectivity index (χ0v) is 15.8. The molecule has 0 bridgehead atoms. The first-order valence-corrected chi connectivity index (χ1v) is 9.61. The SMILES string of the molecule is O=C(CCCNC(=O)c1ccsc1)Nc1cccc(NC(=O)c2ccco2)c1. The number of hydrogen-bond acceptors (Lipinski definition) is 5. The highest BCUT2D eigenvalue weighted by atomic mass is 32.1. The number of hydrogen-bond donors (Lipinski definition) is 3. The second-order valence-corrected chi connectivity index (χ2v) is 6.71. The summed E-state index contributed by atoms with van der Waals surface area (Å²) in [6.07, 6.45) is 2.22. The van der Waals surface area contributed by atoms with Crippen molar-refractivity contribution in [2.24, 2.45) is 0 Å². The lowest BCUT2D eigenvalue weighted by molar-refractivity contribution is -0.116. The predicted octanol–water partition coefficient (Wildman–Crippen LogP) is 3.74. The Morgan fingerprint density at radius 2 is 1.79 bits per heavy atom. The van der Waals surface area contributed by atoms with E-state index in [0.717, 1.165) is 0 Å². The molecule has 3 aromatic rings. The van der Waals surface area contributed by atoms with E-state index in [1.54, 1.807) is 47.8 Å². The molecule has 2 aromatic heterocycles. The minimum Gasteiger partial charge on any atom is -0.459 e. The summed E-state index contributed by atoms with van der Waals surface area (Å²) in [5.41, 5.74) is 1.75. The smallest absolute Gasteiger partial charge is 0.291 e. The Morgan fingerprint density at radius 3 is 2.50 bits per heavy atom. The summed E-state index contributed by atoms with van der Waals surface area (Å²) in [6.45, 7) is 0.418. The van der Waals surface area contributed by atoms with Crippen LogP contribution in [0.1, 0.15) is 33.8 Å². The van der Waals surface area contributed by atoms with Crippen LogP contribution >= 0.6 is 11.3 Å². The van der Waals surface area contributed by atoms with Gasteiger partial charge in [-0.3, -0.25) is 14.4 Å². The predicted molar refractivity (Wildman–Crippen MR) is 108 cm³/mol. The molecule has 3 rings (SSSR count). The minimum atomic E-state index is -0.366. The van der Waals surface area contributed by atoms with Gasteiger partial charge in [0.2, 0.25) is 5.91 Å². The molecule has 1 aromatic carbocycles. The van der Waals surface area contributed by atoms with Gasteiger partial charge in [0.1, 0.15) is 0 Å². The van der Waals surface area contributed by atoms with Crippen molar-refractivity contribution in [3.8, 4) is 0 Å². The largest absolute Gasteiger partial charge is 0.459 e. The Bertz CT molecular complexity index is 936. The van der Waals surface area contributed by atoms with Gasteiger partial charge in [-0.15, -0.1) is 0 Å². The molecular weight excluding hydrogens is 378 g/mol. The van der Waals surface area contributed by atoms with E-state index in [2.05, 4.69) is 16.0 Å². The second kappa shape index (κ2) is 9.52. The first kappa shape index (κ1) is 19.4. The molecule has 0 aliphatic carbocycles. The Morgan fingerprint density at radius 1 is 0.964 bits per heavy atom. The number of carbonyl (C=O) groups is 3. The maximum absolute atomic E-state index is 12.1. The first-order chi connectivity index (χ1) is 13.6. The third-order valence-corrected chi connectivity index (χ3v) is 4.48. The summed E-state index contributed by atoms with van der Waals surface area (Å²) in [4.78, 5) is 35.9. The van der Waals surface area contributed by atoms with Crippen LogP contribution in [0.3, 0.4) is 0 Å². The third kappa shape index (κ3) is 5.55. The standard InChI is InChI=1S/C20H19N3O4S/c24-18(7-2-9-21-19(25)14-8-11-28-13-14)22-15-4-1-5-16(12-15)23-20(26)17-6-3-10-27-17/h1,3-6,8,10-13H,2,7,9H2,(H,21,25)(H,22,24)(H,23,26). The fraction of sp³-hybridized carbons (Fsp3) is 0.150. The fourth-order valence-corrected chi connectivity index (χ4v) is 3.08. The monoisotopic (exact) mass is 397 g/mol. The number of thiophene rings is 1. The van der Waals surface area contributed by atoms with Crippen LogP contribution in [0, 0.1) is 0 Å². The molecule has 0 unspecified atom stereocenters. The molecule has 3 amide bonds. The lowest BCUT2D eigenvalue weighted by Gasteiger charge is -2.08. The molecule has 2 heterocycles. The third-order valence-electron chi connectivity index (χ3n) is 3.80. The van der Waals surface area contributed by atoms with Crippen molar-refractivity contribution in [3.05, 3.63) is 70.8 Å². The zero-order chi connectivity index (χ0) is 19.8. The summed E-state index contributed by atoms with van der Waals surface area (Å²) in [5, 5.41) is 11.9. The highest BCUT2D eigenvalue weighted by molar-refractivity contribution is 7.08. The van der Waals surface area contributed by atoms with Crippen molar-refractivity contribution >= 4 is 40.4 Å². The van der Waals surface area contributed by atoms with Crippen molar-refractivity contribution < 1.29 is 18.8 Å². The van der Waals surface area contributed by atoms with Crippen LogP contribution in [0.5, 0.6) is 0 Å². The molecule has 0 atom stereocenters. The van der Waals surface area contributed by atoms with Crippen molar-refractivity contribution in [3.63, 3.8) is 0 Å². The van der Waals surface area contributed by atoms with Crippen molar-refractivity contribution in [1.29, 1.82) is 0 Å². The average molecular weight is 397 g/mol. The molecule has 8 heteroatoms. The van der Waals surface area contributed by atoms with Crippen LogP contribution in [-0.2, 0) is 4.79 Å². The van der Waals surface area contributed by atoms with Crippen molar-refractivity contribution in [1.82, 2.24) is 5.32 Å². The number of amides is 3. The Kier molecular flexibility index (Phi) is 6.59. The van der Waals surface area contributed by atoms with Crippen molar-refractivity contribution in [2.75, 3.05) is 17.2 Å². The number of nitrogens with one attached hydrogen (secondary N) is 3. The molecule has 7 nitrogen and oxygen atoms in total. The number of furan rings is 1. The van der Waals surface area contributed by atoms with E-state index >= 15 is 0 Å². The van der Waals surface area contributed by atoms with Crippen molar-refractivity contribution in [2.45, 2.75) is 12.8 Å². The topological polar surface area (TPSA) is 100 Å². The van der Waals surface area contributed by atoms with E-state index in [-0.39, 0.29) is 29.9 Å². The van der Waals surface area contributed by atoms with Gasteiger partial charge in [-0.05, 0) is 48.2 Å². The van der Waals surface area contributed by atoms with E-state index in [0.29, 0.717) is 29.9 Å². The summed E-state index contributed by atoms with van der Waals surface area (Å²) >= 11 is 1.46. The zero-order valence-electron chi connectivity index (χ0n) is 14.9. The van der Waals surface area contributed by atoms with Gasteiger partial charge in [-0.1, -0.05) is 6.07 Å². The highest BCUT2D eigenvalue weighted by Gasteiger charge is 2.10. The molecule has 28 heavy (non-hydrogen) atoms. The molecule has 0 aliphatic rings. The maximum atomic E-state index is 12.1. The molecule has 0 saturated carbocycles. The van der Waals surface area contributed by atoms with Gasteiger partial charge in [-0.25, -0.2) is 0 Å². The molecule has 0 fully saturated rings. The minimum absolute atomic E-state index is 0.137. The molecular formula is C20H19N3O4S. The second-order valence-electron chi connectivity index (χ2n) is 5.93. The number of anilines is 2. The molecule has 3 N–H and O–H groups in total. The highest BCUT2D eigenvalue weighted by Crippen LogP contribution is 2.16. The van der Waals surface area contributed by atoms with E-state index in [1.165, 1.54) is 17.6 Å². The molecule has 0 saturated heterocycles. The maximum Gasteiger partial charge on any atom is 0.291 e.